The van der Waals surface area contributed by atoms with Crippen LogP contribution in [0.2, 0.25) is 0 Å². The first kappa shape index (κ1) is 12.5. The third-order valence-electron chi connectivity index (χ3n) is 1.92. The largest absolute Gasteiger partial charge is 0.480 e. The second-order valence-corrected chi connectivity index (χ2v) is 3.97. The Labute approximate surface area is 101 Å². The van der Waals surface area contributed by atoms with Gasteiger partial charge in [-0.05, 0) is 24.6 Å². The summed E-state index contributed by atoms with van der Waals surface area (Å²) in [5, 5.41) is 13.2. The van der Waals surface area contributed by atoms with Crippen molar-refractivity contribution in [1.82, 2.24) is 5.32 Å². The SMILES string of the molecule is Cc1c(Br)cccc1NC(=O)NCC(=O)O. The van der Waals surface area contributed by atoms with Gasteiger partial charge in [-0.1, -0.05) is 22.0 Å². The van der Waals surface area contributed by atoms with E-state index in [2.05, 4.69) is 26.6 Å². The third kappa shape index (κ3) is 3.54. The Morgan fingerprint density at radius 1 is 1.44 bits per heavy atom. The maximum absolute atomic E-state index is 11.3. The number of carboxylic acid groups (broad SMARTS) is 1. The van der Waals surface area contributed by atoms with Gasteiger partial charge in [0.25, 0.3) is 0 Å². The Morgan fingerprint density at radius 3 is 2.75 bits per heavy atom. The van der Waals surface area contributed by atoms with Gasteiger partial charge in [0.2, 0.25) is 0 Å². The fourth-order valence-electron chi connectivity index (χ4n) is 1.07. The number of carboxylic acids is 1. The van der Waals surface area contributed by atoms with Crippen molar-refractivity contribution in [3.05, 3.63) is 28.2 Å². The van der Waals surface area contributed by atoms with Crippen LogP contribution in [0.1, 0.15) is 5.56 Å². The Balaban J connectivity index is 2.63. The number of carbonyl (C=O) groups is 2. The molecule has 0 saturated carbocycles. The van der Waals surface area contributed by atoms with E-state index in [-0.39, 0.29) is 0 Å². The quantitative estimate of drug-likeness (QED) is 0.795. The van der Waals surface area contributed by atoms with Gasteiger partial charge in [0.1, 0.15) is 6.54 Å². The number of benzene rings is 1. The van der Waals surface area contributed by atoms with Crippen LogP contribution in [0.15, 0.2) is 22.7 Å². The lowest BCUT2D eigenvalue weighted by atomic mass is 10.2. The Morgan fingerprint density at radius 2 is 2.12 bits per heavy atom. The van der Waals surface area contributed by atoms with Crippen molar-refractivity contribution in [3.63, 3.8) is 0 Å². The number of urea groups is 1. The van der Waals surface area contributed by atoms with Crippen molar-refractivity contribution in [1.29, 1.82) is 0 Å². The zero-order valence-corrected chi connectivity index (χ0v) is 10.2. The Hall–Kier alpha value is -1.56. The molecule has 0 atom stereocenters. The van der Waals surface area contributed by atoms with Gasteiger partial charge in [0.05, 0.1) is 0 Å². The number of anilines is 1. The minimum atomic E-state index is -1.08. The van der Waals surface area contributed by atoms with Crippen molar-refractivity contribution in [2.45, 2.75) is 6.92 Å². The molecule has 0 aliphatic heterocycles. The summed E-state index contributed by atoms with van der Waals surface area (Å²) >= 11 is 3.33. The number of carbonyl (C=O) groups excluding carboxylic acids is 1. The number of nitrogens with one attached hydrogen (secondary N) is 2. The van der Waals surface area contributed by atoms with E-state index in [4.69, 9.17) is 5.11 Å². The van der Waals surface area contributed by atoms with Crippen molar-refractivity contribution in [2.75, 3.05) is 11.9 Å². The van der Waals surface area contributed by atoms with Gasteiger partial charge in [0.15, 0.2) is 0 Å². The molecule has 0 fully saturated rings. The normalized spacial score (nSPS) is 9.62. The molecule has 0 bridgehead atoms. The molecule has 1 aromatic carbocycles. The Bertz CT molecular complexity index is 421. The minimum absolute atomic E-state index is 0.404. The molecule has 6 heteroatoms. The lowest BCUT2D eigenvalue weighted by Crippen LogP contribution is -2.33. The Kier molecular flexibility index (Phi) is 4.30. The van der Waals surface area contributed by atoms with Crippen LogP contribution >= 0.6 is 15.9 Å². The van der Waals surface area contributed by atoms with Crippen LogP contribution in [0.3, 0.4) is 0 Å². The maximum Gasteiger partial charge on any atom is 0.323 e. The van der Waals surface area contributed by atoms with E-state index in [0.717, 1.165) is 10.0 Å². The van der Waals surface area contributed by atoms with Crippen LogP contribution in [-0.2, 0) is 4.79 Å². The molecule has 86 valence electrons. The highest BCUT2D eigenvalue weighted by molar-refractivity contribution is 9.10. The van der Waals surface area contributed by atoms with Crippen LogP contribution in [0.4, 0.5) is 10.5 Å². The standard InChI is InChI=1S/C10H11BrN2O3/c1-6-7(11)3-2-4-8(6)13-10(16)12-5-9(14)15/h2-4H,5H2,1H3,(H,14,15)(H2,12,13,16). The first-order valence-corrected chi connectivity index (χ1v) is 5.31. The summed E-state index contributed by atoms with van der Waals surface area (Å²) in [5.74, 6) is -1.08. The number of aliphatic carboxylic acids is 1. The molecule has 5 nitrogen and oxygen atoms in total. The smallest absolute Gasteiger partial charge is 0.323 e. The van der Waals surface area contributed by atoms with Crippen LogP contribution in [0.5, 0.6) is 0 Å². The molecule has 1 aromatic rings. The lowest BCUT2D eigenvalue weighted by molar-refractivity contribution is -0.135. The zero-order valence-electron chi connectivity index (χ0n) is 8.58. The van der Waals surface area contributed by atoms with E-state index >= 15 is 0 Å². The van der Waals surface area contributed by atoms with Crippen molar-refractivity contribution in [3.8, 4) is 0 Å². The number of rotatable bonds is 3. The maximum atomic E-state index is 11.3. The summed E-state index contributed by atoms with van der Waals surface area (Å²) in [7, 11) is 0. The first-order chi connectivity index (χ1) is 7.50. The lowest BCUT2D eigenvalue weighted by Gasteiger charge is -2.09. The molecule has 2 amide bonds. The summed E-state index contributed by atoms with van der Waals surface area (Å²) in [6.45, 7) is 1.44. The molecule has 0 aromatic heterocycles. The van der Waals surface area contributed by atoms with E-state index in [1.807, 2.05) is 13.0 Å². The van der Waals surface area contributed by atoms with Gasteiger partial charge in [-0.25, -0.2) is 4.79 Å². The molecule has 0 saturated heterocycles. The molecule has 0 heterocycles. The fraction of sp³-hybridized carbons (Fsp3) is 0.200. The minimum Gasteiger partial charge on any atom is -0.480 e. The topological polar surface area (TPSA) is 78.4 Å². The molecule has 0 unspecified atom stereocenters. The third-order valence-corrected chi connectivity index (χ3v) is 2.78. The molecule has 0 aliphatic carbocycles. The van der Waals surface area contributed by atoms with Gasteiger partial charge >= 0.3 is 12.0 Å². The van der Waals surface area contributed by atoms with Gasteiger partial charge in [-0.15, -0.1) is 0 Å². The molecule has 3 N–H and O–H groups in total. The van der Waals surface area contributed by atoms with Crippen molar-refractivity contribution in [2.24, 2.45) is 0 Å². The van der Waals surface area contributed by atoms with Crippen LogP contribution in [-0.4, -0.2) is 23.7 Å². The number of hydrogen-bond acceptors (Lipinski definition) is 2. The summed E-state index contributed by atoms with van der Waals surface area (Å²) in [6.07, 6.45) is 0. The molecule has 0 aliphatic rings. The van der Waals surface area contributed by atoms with Gasteiger partial charge in [-0.2, -0.15) is 0 Å². The van der Waals surface area contributed by atoms with Crippen molar-refractivity contribution >= 4 is 33.6 Å². The van der Waals surface area contributed by atoms with Crippen LogP contribution in [0.25, 0.3) is 0 Å². The van der Waals surface area contributed by atoms with Crippen LogP contribution < -0.4 is 10.6 Å². The predicted molar refractivity (Wildman–Crippen MR) is 63.5 cm³/mol. The van der Waals surface area contributed by atoms with E-state index < -0.39 is 18.5 Å². The number of amides is 2. The van der Waals surface area contributed by atoms with E-state index in [0.29, 0.717) is 5.69 Å². The summed E-state index contributed by atoms with van der Waals surface area (Å²) in [5.41, 5.74) is 1.52. The summed E-state index contributed by atoms with van der Waals surface area (Å²) in [4.78, 5) is 21.5. The predicted octanol–water partition coefficient (Wildman–Crippen LogP) is 1.96. The van der Waals surface area contributed by atoms with Gasteiger partial charge in [0, 0.05) is 10.2 Å². The van der Waals surface area contributed by atoms with Gasteiger partial charge < -0.3 is 15.7 Å². The molecule has 16 heavy (non-hydrogen) atoms. The molecule has 0 spiro atoms. The molecule has 0 radical (unpaired) electrons. The average molecular weight is 287 g/mol. The molecular formula is C10H11BrN2O3. The van der Waals surface area contributed by atoms with E-state index in [9.17, 15) is 9.59 Å². The first-order valence-electron chi connectivity index (χ1n) is 4.52. The van der Waals surface area contributed by atoms with E-state index in [1.165, 1.54) is 0 Å². The fourth-order valence-corrected chi connectivity index (χ4v) is 1.43. The van der Waals surface area contributed by atoms with Crippen molar-refractivity contribution < 1.29 is 14.7 Å². The monoisotopic (exact) mass is 286 g/mol. The zero-order chi connectivity index (χ0) is 12.1. The van der Waals surface area contributed by atoms with E-state index in [1.54, 1.807) is 12.1 Å². The molecular weight excluding hydrogens is 276 g/mol. The molecule has 1 rings (SSSR count). The highest BCUT2D eigenvalue weighted by atomic mass is 79.9. The summed E-state index contributed by atoms with van der Waals surface area (Å²) in [6, 6.07) is 4.84. The highest BCUT2D eigenvalue weighted by Gasteiger charge is 2.06. The average Bonchev–Trinajstić information content (AvgIpc) is 2.22. The highest BCUT2D eigenvalue weighted by Crippen LogP contribution is 2.23. The number of hydrogen-bond donors (Lipinski definition) is 3. The van der Waals surface area contributed by atoms with Crippen LogP contribution in [0, 0.1) is 6.92 Å². The summed E-state index contributed by atoms with van der Waals surface area (Å²) < 4.78 is 0.878. The number of halogens is 1. The second-order valence-electron chi connectivity index (χ2n) is 3.11. The second kappa shape index (κ2) is 5.50. The van der Waals surface area contributed by atoms with Gasteiger partial charge in [-0.3, -0.25) is 4.79 Å².